The lowest BCUT2D eigenvalue weighted by molar-refractivity contribution is 0.595. The van der Waals surface area contributed by atoms with Gasteiger partial charge in [-0.15, -0.1) is 5.10 Å². The minimum absolute atomic E-state index is 0.153. The van der Waals surface area contributed by atoms with Gasteiger partial charge in [-0.3, -0.25) is 0 Å². The number of pyridine rings is 1. The van der Waals surface area contributed by atoms with Crippen LogP contribution in [-0.4, -0.2) is 41.1 Å². The quantitative estimate of drug-likeness (QED) is 0.909. The summed E-state index contributed by atoms with van der Waals surface area (Å²) in [4.78, 5) is 4.35. The first kappa shape index (κ1) is 12.9. The van der Waals surface area contributed by atoms with Crippen LogP contribution in [0.1, 0.15) is 6.42 Å². The molecule has 0 saturated carbocycles. The summed E-state index contributed by atoms with van der Waals surface area (Å²) in [6.07, 6.45) is 2.53. The molecule has 102 valence electrons. The molecule has 0 radical (unpaired) electrons. The van der Waals surface area contributed by atoms with E-state index in [1.165, 1.54) is 0 Å². The SMILES string of the molecule is O=S1(=O)CCC(CNc2nc3c(Br)cccn3n2)C1. The van der Waals surface area contributed by atoms with Crippen molar-refractivity contribution < 1.29 is 8.42 Å². The smallest absolute Gasteiger partial charge is 0.243 e. The van der Waals surface area contributed by atoms with Crippen molar-refractivity contribution >= 4 is 37.4 Å². The van der Waals surface area contributed by atoms with E-state index in [4.69, 9.17) is 0 Å². The van der Waals surface area contributed by atoms with E-state index in [-0.39, 0.29) is 11.7 Å². The van der Waals surface area contributed by atoms with Crippen molar-refractivity contribution in [2.75, 3.05) is 23.4 Å². The second kappa shape index (κ2) is 4.75. The average Bonchev–Trinajstić information content (AvgIpc) is 2.91. The minimum atomic E-state index is -2.82. The maximum Gasteiger partial charge on any atom is 0.243 e. The van der Waals surface area contributed by atoms with Gasteiger partial charge >= 0.3 is 0 Å². The molecule has 1 aliphatic rings. The van der Waals surface area contributed by atoms with E-state index in [0.29, 0.717) is 24.7 Å². The number of sulfone groups is 1. The summed E-state index contributed by atoms with van der Waals surface area (Å²) in [7, 11) is -2.82. The van der Waals surface area contributed by atoms with Crippen molar-refractivity contribution in [3.63, 3.8) is 0 Å². The molecule has 0 aromatic carbocycles. The molecule has 6 nitrogen and oxygen atoms in total. The molecule has 1 fully saturated rings. The van der Waals surface area contributed by atoms with Crippen molar-refractivity contribution in [1.82, 2.24) is 14.6 Å². The first-order valence-corrected chi connectivity index (χ1v) is 8.60. The van der Waals surface area contributed by atoms with Crippen LogP contribution in [0.4, 0.5) is 5.95 Å². The van der Waals surface area contributed by atoms with Gasteiger partial charge in [0.15, 0.2) is 15.5 Å². The van der Waals surface area contributed by atoms with Crippen molar-refractivity contribution in [3.05, 3.63) is 22.8 Å². The number of hydrogen-bond acceptors (Lipinski definition) is 5. The number of aromatic nitrogens is 3. The maximum atomic E-state index is 11.4. The highest BCUT2D eigenvalue weighted by Crippen LogP contribution is 2.20. The zero-order valence-corrected chi connectivity index (χ0v) is 12.5. The first-order valence-electron chi connectivity index (χ1n) is 5.99. The van der Waals surface area contributed by atoms with Crippen molar-refractivity contribution in [3.8, 4) is 0 Å². The van der Waals surface area contributed by atoms with Gasteiger partial charge in [0.2, 0.25) is 5.95 Å². The number of fused-ring (bicyclic) bond motifs is 1. The van der Waals surface area contributed by atoms with Crippen LogP contribution in [0, 0.1) is 5.92 Å². The third-order valence-corrected chi connectivity index (χ3v) is 5.65. The highest BCUT2D eigenvalue weighted by Gasteiger charge is 2.27. The van der Waals surface area contributed by atoms with E-state index < -0.39 is 9.84 Å². The van der Waals surface area contributed by atoms with Gasteiger partial charge in [-0.2, -0.15) is 4.98 Å². The van der Waals surface area contributed by atoms with Gasteiger partial charge in [-0.1, -0.05) is 0 Å². The van der Waals surface area contributed by atoms with Crippen molar-refractivity contribution in [2.24, 2.45) is 5.92 Å². The lowest BCUT2D eigenvalue weighted by atomic mass is 10.1. The Hall–Kier alpha value is -1.15. The van der Waals surface area contributed by atoms with Crippen LogP contribution < -0.4 is 5.32 Å². The third-order valence-electron chi connectivity index (χ3n) is 3.19. The standard InChI is InChI=1S/C11H13BrN4O2S/c12-9-2-1-4-16-10(9)14-11(15-16)13-6-8-3-5-19(17,18)7-8/h1-2,4,8H,3,5-7H2,(H,13,15). The summed E-state index contributed by atoms with van der Waals surface area (Å²) in [5.41, 5.74) is 0.740. The Bertz CT molecular complexity index is 713. The monoisotopic (exact) mass is 344 g/mol. The van der Waals surface area contributed by atoms with Crippen LogP contribution in [0.25, 0.3) is 5.65 Å². The van der Waals surface area contributed by atoms with E-state index in [1.807, 2.05) is 18.3 Å². The topological polar surface area (TPSA) is 76.4 Å². The van der Waals surface area contributed by atoms with Crippen LogP contribution in [0.2, 0.25) is 0 Å². The molecule has 3 rings (SSSR count). The highest BCUT2D eigenvalue weighted by molar-refractivity contribution is 9.10. The highest BCUT2D eigenvalue weighted by atomic mass is 79.9. The van der Waals surface area contributed by atoms with E-state index in [1.54, 1.807) is 4.52 Å². The summed E-state index contributed by atoms with van der Waals surface area (Å²) in [5.74, 6) is 1.23. The van der Waals surface area contributed by atoms with Crippen LogP contribution in [-0.2, 0) is 9.84 Å². The Morgan fingerprint density at radius 2 is 2.37 bits per heavy atom. The van der Waals surface area contributed by atoms with Gasteiger partial charge in [0, 0.05) is 12.7 Å². The fraction of sp³-hybridized carbons (Fsp3) is 0.455. The Morgan fingerprint density at radius 3 is 3.05 bits per heavy atom. The number of nitrogens with one attached hydrogen (secondary N) is 1. The molecule has 3 heterocycles. The molecular weight excluding hydrogens is 332 g/mol. The van der Waals surface area contributed by atoms with Gasteiger partial charge < -0.3 is 5.32 Å². The zero-order chi connectivity index (χ0) is 13.5. The van der Waals surface area contributed by atoms with Gasteiger partial charge in [0.25, 0.3) is 0 Å². The number of halogens is 1. The second-order valence-corrected chi connectivity index (χ2v) is 7.79. The molecule has 1 saturated heterocycles. The average molecular weight is 345 g/mol. The van der Waals surface area contributed by atoms with Crippen LogP contribution >= 0.6 is 15.9 Å². The lowest BCUT2D eigenvalue weighted by Crippen LogP contribution is -2.16. The molecule has 8 heteroatoms. The molecule has 2 aromatic rings. The molecule has 2 aromatic heterocycles. The molecular formula is C11H13BrN4O2S. The molecule has 0 aliphatic carbocycles. The summed E-state index contributed by atoms with van der Waals surface area (Å²) >= 11 is 3.41. The van der Waals surface area contributed by atoms with Crippen molar-refractivity contribution in [1.29, 1.82) is 0 Å². The predicted octanol–water partition coefficient (Wildman–Crippen LogP) is 1.34. The fourth-order valence-electron chi connectivity index (χ4n) is 2.22. The van der Waals surface area contributed by atoms with E-state index in [9.17, 15) is 8.42 Å². The van der Waals surface area contributed by atoms with Gasteiger partial charge in [-0.25, -0.2) is 12.9 Å². The minimum Gasteiger partial charge on any atom is -0.353 e. The summed E-state index contributed by atoms with van der Waals surface area (Å²) < 4.78 is 25.3. The molecule has 1 unspecified atom stereocenters. The maximum absolute atomic E-state index is 11.4. The Balaban J connectivity index is 1.71. The van der Waals surface area contributed by atoms with Crippen LogP contribution in [0.5, 0.6) is 0 Å². The van der Waals surface area contributed by atoms with Crippen LogP contribution in [0.3, 0.4) is 0 Å². The Labute approximate surface area is 119 Å². The third kappa shape index (κ3) is 2.74. The summed E-state index contributed by atoms with van der Waals surface area (Å²) in [6, 6.07) is 3.77. The van der Waals surface area contributed by atoms with Crippen molar-refractivity contribution in [2.45, 2.75) is 6.42 Å². The Kier molecular flexibility index (Phi) is 3.22. The number of rotatable bonds is 3. The second-order valence-electron chi connectivity index (χ2n) is 4.71. The molecule has 1 aliphatic heterocycles. The van der Waals surface area contributed by atoms with E-state index in [2.05, 4.69) is 31.3 Å². The van der Waals surface area contributed by atoms with E-state index >= 15 is 0 Å². The molecule has 1 N–H and O–H groups in total. The molecule has 1 atom stereocenters. The molecule has 0 amide bonds. The zero-order valence-electron chi connectivity index (χ0n) is 10.1. The summed E-state index contributed by atoms with van der Waals surface area (Å²) in [6.45, 7) is 0.591. The molecule has 19 heavy (non-hydrogen) atoms. The summed E-state index contributed by atoms with van der Waals surface area (Å²) in [5, 5.41) is 7.40. The Morgan fingerprint density at radius 1 is 1.53 bits per heavy atom. The largest absolute Gasteiger partial charge is 0.353 e. The molecule has 0 bridgehead atoms. The number of nitrogens with zero attached hydrogens (tertiary/aromatic N) is 3. The first-order chi connectivity index (χ1) is 9.03. The number of anilines is 1. The molecule has 0 spiro atoms. The fourth-order valence-corrected chi connectivity index (χ4v) is 4.50. The lowest BCUT2D eigenvalue weighted by Gasteiger charge is -2.06. The predicted molar refractivity (Wildman–Crippen MR) is 75.9 cm³/mol. The van der Waals surface area contributed by atoms with Crippen LogP contribution in [0.15, 0.2) is 22.8 Å². The normalized spacial score (nSPS) is 21.8. The number of hydrogen-bond donors (Lipinski definition) is 1. The van der Waals surface area contributed by atoms with Gasteiger partial charge in [0.1, 0.15) is 0 Å². The van der Waals surface area contributed by atoms with Gasteiger partial charge in [0.05, 0.1) is 16.0 Å². The van der Waals surface area contributed by atoms with E-state index in [0.717, 1.165) is 10.1 Å². The van der Waals surface area contributed by atoms with Gasteiger partial charge in [-0.05, 0) is 40.4 Å².